The van der Waals surface area contributed by atoms with Gasteiger partial charge in [-0.05, 0) is 30.3 Å². The van der Waals surface area contributed by atoms with Crippen LogP contribution in [0.3, 0.4) is 0 Å². The number of hydrogen-bond donors (Lipinski definition) is 0. The quantitative estimate of drug-likeness (QED) is 0.497. The van der Waals surface area contributed by atoms with E-state index in [0.29, 0.717) is 30.1 Å². The third-order valence-electron chi connectivity index (χ3n) is 4.92. The van der Waals surface area contributed by atoms with E-state index in [9.17, 15) is 4.79 Å². The highest BCUT2D eigenvalue weighted by molar-refractivity contribution is 6.11. The molecule has 1 fully saturated rings. The third kappa shape index (κ3) is 3.23. The summed E-state index contributed by atoms with van der Waals surface area (Å²) in [4.78, 5) is 28.1. The van der Waals surface area contributed by atoms with E-state index in [1.54, 1.807) is 47.5 Å². The van der Waals surface area contributed by atoms with Gasteiger partial charge in [-0.3, -0.25) is 9.78 Å². The number of fused-ring (bicyclic) bond motifs is 1. The summed E-state index contributed by atoms with van der Waals surface area (Å²) in [7, 11) is 0. The van der Waals surface area contributed by atoms with Crippen molar-refractivity contribution in [2.24, 2.45) is 0 Å². The molecule has 1 aliphatic rings. The largest absolute Gasteiger partial charge is 0.378 e. The van der Waals surface area contributed by atoms with Crippen LogP contribution in [0.1, 0.15) is 16.1 Å². The summed E-state index contributed by atoms with van der Waals surface area (Å²) in [6.45, 7) is 3.02. The first-order valence-electron chi connectivity index (χ1n) is 9.39. The Hall–Kier alpha value is -3.65. The number of rotatable bonds is 4. The molecule has 0 N–H and O–H groups in total. The van der Waals surface area contributed by atoms with E-state index in [0.717, 1.165) is 30.2 Å². The van der Waals surface area contributed by atoms with Gasteiger partial charge in [0.15, 0.2) is 5.65 Å². The minimum atomic E-state index is -0.200. The Kier molecular flexibility index (Phi) is 4.45. The number of carbonyl (C=O) groups is 1. The fourth-order valence-electron chi connectivity index (χ4n) is 3.45. The Morgan fingerprint density at radius 2 is 1.83 bits per heavy atom. The molecule has 8 nitrogen and oxygen atoms in total. The lowest BCUT2D eigenvalue weighted by molar-refractivity contribution is 0.103. The van der Waals surface area contributed by atoms with Gasteiger partial charge in [0.25, 0.3) is 0 Å². The molecule has 0 unspecified atom stereocenters. The fourth-order valence-corrected chi connectivity index (χ4v) is 3.45. The van der Waals surface area contributed by atoms with Crippen LogP contribution in [0.15, 0.2) is 61.2 Å². The lowest BCUT2D eigenvalue weighted by Gasteiger charge is -2.28. The Labute approximate surface area is 166 Å². The van der Waals surface area contributed by atoms with Gasteiger partial charge in [0, 0.05) is 37.2 Å². The van der Waals surface area contributed by atoms with E-state index in [2.05, 4.69) is 25.0 Å². The molecular formula is C21H18N6O2. The van der Waals surface area contributed by atoms with E-state index in [1.165, 1.54) is 0 Å². The number of carbonyl (C=O) groups excluding carboxylic acids is 1. The van der Waals surface area contributed by atoms with Gasteiger partial charge in [0.2, 0.25) is 5.78 Å². The number of pyridine rings is 2. The summed E-state index contributed by atoms with van der Waals surface area (Å²) >= 11 is 0. The Morgan fingerprint density at radius 1 is 0.966 bits per heavy atom. The van der Waals surface area contributed by atoms with E-state index < -0.39 is 0 Å². The molecular weight excluding hydrogens is 368 g/mol. The van der Waals surface area contributed by atoms with Crippen LogP contribution in [-0.4, -0.2) is 56.7 Å². The topological polar surface area (TPSA) is 85.5 Å². The third-order valence-corrected chi connectivity index (χ3v) is 4.92. The normalized spacial score (nSPS) is 14.3. The standard InChI is InChI=1S/C21H18N6O2/c28-20(17-3-1-2-6-22-17)16-14-25-27-18(5-8-24-21(16)27)15-4-7-23-19(13-15)26-9-11-29-12-10-26/h1-8,13-14H,9-12H2. The molecule has 0 bridgehead atoms. The molecule has 1 saturated heterocycles. The molecule has 5 heterocycles. The van der Waals surface area contributed by atoms with E-state index in [4.69, 9.17) is 4.74 Å². The fraction of sp³-hybridized carbons (Fsp3) is 0.190. The summed E-state index contributed by atoms with van der Waals surface area (Å²) in [5.41, 5.74) is 3.09. The van der Waals surface area contributed by atoms with Crippen molar-refractivity contribution >= 4 is 17.2 Å². The van der Waals surface area contributed by atoms with Gasteiger partial charge >= 0.3 is 0 Å². The molecule has 144 valence electrons. The van der Waals surface area contributed by atoms with Crippen LogP contribution in [0, 0.1) is 0 Å². The maximum Gasteiger partial charge on any atom is 0.216 e. The first-order chi connectivity index (χ1) is 14.3. The Morgan fingerprint density at radius 3 is 2.66 bits per heavy atom. The number of hydrogen-bond acceptors (Lipinski definition) is 7. The highest BCUT2D eigenvalue weighted by Gasteiger charge is 2.19. The predicted octanol–water partition coefficient (Wildman–Crippen LogP) is 2.25. The van der Waals surface area contributed by atoms with Gasteiger partial charge in [-0.25, -0.2) is 14.5 Å². The van der Waals surface area contributed by atoms with E-state index >= 15 is 0 Å². The molecule has 4 aromatic heterocycles. The van der Waals surface area contributed by atoms with Gasteiger partial charge in [-0.1, -0.05) is 6.07 Å². The molecule has 29 heavy (non-hydrogen) atoms. The average molecular weight is 386 g/mol. The van der Waals surface area contributed by atoms with Crippen LogP contribution in [0.25, 0.3) is 16.9 Å². The zero-order valence-corrected chi connectivity index (χ0v) is 15.6. The van der Waals surface area contributed by atoms with Crippen LogP contribution in [0.5, 0.6) is 0 Å². The number of anilines is 1. The summed E-state index contributed by atoms with van der Waals surface area (Å²) in [5, 5.41) is 4.44. The van der Waals surface area contributed by atoms with Crippen molar-refractivity contribution in [3.63, 3.8) is 0 Å². The lowest BCUT2D eigenvalue weighted by atomic mass is 10.1. The van der Waals surface area contributed by atoms with Crippen molar-refractivity contribution in [1.82, 2.24) is 24.6 Å². The number of aromatic nitrogens is 5. The zero-order chi connectivity index (χ0) is 19.6. The predicted molar refractivity (Wildman–Crippen MR) is 107 cm³/mol. The van der Waals surface area contributed by atoms with Crippen LogP contribution in [0.4, 0.5) is 5.82 Å². The van der Waals surface area contributed by atoms with Gasteiger partial charge in [0.05, 0.1) is 30.7 Å². The second-order valence-corrected chi connectivity index (χ2v) is 6.67. The highest BCUT2D eigenvalue weighted by Crippen LogP contribution is 2.25. The van der Waals surface area contributed by atoms with Crippen LogP contribution < -0.4 is 4.90 Å². The minimum absolute atomic E-state index is 0.200. The maximum absolute atomic E-state index is 12.8. The van der Waals surface area contributed by atoms with Crippen molar-refractivity contribution in [3.8, 4) is 11.3 Å². The minimum Gasteiger partial charge on any atom is -0.378 e. The number of nitrogens with zero attached hydrogens (tertiary/aromatic N) is 6. The summed E-state index contributed by atoms with van der Waals surface area (Å²) < 4.78 is 7.12. The monoisotopic (exact) mass is 386 g/mol. The Balaban J connectivity index is 1.55. The molecule has 0 saturated carbocycles. The number of ether oxygens (including phenoxy) is 1. The van der Waals surface area contributed by atoms with Crippen LogP contribution >= 0.6 is 0 Å². The maximum atomic E-state index is 12.8. The second kappa shape index (κ2) is 7.40. The summed E-state index contributed by atoms with van der Waals surface area (Å²) in [5.74, 6) is 0.696. The number of morpholine rings is 1. The molecule has 8 heteroatoms. The van der Waals surface area contributed by atoms with Crippen molar-refractivity contribution in [2.75, 3.05) is 31.2 Å². The van der Waals surface area contributed by atoms with Gasteiger partial charge in [0.1, 0.15) is 11.5 Å². The first kappa shape index (κ1) is 17.4. The molecule has 1 aliphatic heterocycles. The van der Waals surface area contributed by atoms with E-state index in [-0.39, 0.29) is 5.78 Å². The molecule has 0 amide bonds. The molecule has 5 rings (SSSR count). The highest BCUT2D eigenvalue weighted by atomic mass is 16.5. The van der Waals surface area contributed by atoms with Gasteiger partial charge in [-0.15, -0.1) is 0 Å². The zero-order valence-electron chi connectivity index (χ0n) is 15.6. The number of ketones is 1. The van der Waals surface area contributed by atoms with Crippen LogP contribution in [-0.2, 0) is 4.74 Å². The van der Waals surface area contributed by atoms with Gasteiger partial charge in [-0.2, -0.15) is 5.10 Å². The van der Waals surface area contributed by atoms with Crippen LogP contribution in [0.2, 0.25) is 0 Å². The summed E-state index contributed by atoms with van der Waals surface area (Å²) in [6, 6.07) is 11.1. The molecule has 4 aromatic rings. The smallest absolute Gasteiger partial charge is 0.216 e. The van der Waals surface area contributed by atoms with Crippen molar-refractivity contribution in [1.29, 1.82) is 0 Å². The average Bonchev–Trinajstić information content (AvgIpc) is 3.24. The molecule has 0 spiro atoms. The van der Waals surface area contributed by atoms with Crippen molar-refractivity contribution < 1.29 is 9.53 Å². The second-order valence-electron chi connectivity index (χ2n) is 6.67. The SMILES string of the molecule is O=C(c1ccccn1)c1cnn2c(-c3ccnc(N4CCOCC4)c3)ccnc12. The molecule has 0 aromatic carbocycles. The van der Waals surface area contributed by atoms with E-state index in [1.807, 2.05) is 18.2 Å². The van der Waals surface area contributed by atoms with Crippen molar-refractivity contribution in [3.05, 3.63) is 72.4 Å². The lowest BCUT2D eigenvalue weighted by Crippen LogP contribution is -2.36. The molecule has 0 radical (unpaired) electrons. The van der Waals surface area contributed by atoms with Gasteiger partial charge < -0.3 is 9.64 Å². The first-order valence-corrected chi connectivity index (χ1v) is 9.39. The Bertz CT molecular complexity index is 1170. The molecule has 0 aliphatic carbocycles. The van der Waals surface area contributed by atoms with Crippen molar-refractivity contribution in [2.45, 2.75) is 0 Å². The summed E-state index contributed by atoms with van der Waals surface area (Å²) in [6.07, 6.45) is 6.63. The molecule has 0 atom stereocenters.